The second-order valence-electron chi connectivity index (χ2n) is 6.62. The van der Waals surface area contributed by atoms with Gasteiger partial charge in [-0.15, -0.1) is 0 Å². The van der Waals surface area contributed by atoms with E-state index in [0.717, 1.165) is 37.7 Å². The molecule has 0 unspecified atom stereocenters. The van der Waals surface area contributed by atoms with Gasteiger partial charge in [0.05, 0.1) is 6.26 Å². The molecule has 1 aromatic heterocycles. The molecule has 7 heteroatoms. The summed E-state index contributed by atoms with van der Waals surface area (Å²) in [5.74, 6) is 0.184. The fourth-order valence-corrected chi connectivity index (χ4v) is 3.36. The third-order valence-electron chi connectivity index (χ3n) is 4.62. The van der Waals surface area contributed by atoms with Gasteiger partial charge in [0.25, 0.3) is 5.91 Å². The summed E-state index contributed by atoms with van der Waals surface area (Å²) < 4.78 is 5.03. The second kappa shape index (κ2) is 9.58. The molecule has 1 saturated heterocycles. The Bertz CT molecular complexity index is 756. The van der Waals surface area contributed by atoms with Crippen LogP contribution in [0.2, 0.25) is 5.02 Å². The molecule has 2 amide bonds. The molecule has 3 rings (SSSR count). The van der Waals surface area contributed by atoms with Crippen LogP contribution in [-0.2, 0) is 11.3 Å². The predicted molar refractivity (Wildman–Crippen MR) is 104 cm³/mol. The number of benzene rings is 1. The van der Waals surface area contributed by atoms with Crippen LogP contribution < -0.4 is 5.32 Å². The summed E-state index contributed by atoms with van der Waals surface area (Å²) in [7, 11) is 0. The van der Waals surface area contributed by atoms with Crippen molar-refractivity contribution in [2.45, 2.75) is 19.4 Å². The molecule has 0 bridgehead atoms. The normalized spacial score (nSPS) is 14.9. The Balaban J connectivity index is 1.33. The average Bonchev–Trinajstić information content (AvgIpc) is 3.20. The molecule has 144 valence electrons. The van der Waals surface area contributed by atoms with Gasteiger partial charge in [-0.05, 0) is 36.2 Å². The Kier molecular flexibility index (Phi) is 6.90. The largest absolute Gasteiger partial charge is 0.459 e. The van der Waals surface area contributed by atoms with Gasteiger partial charge in [0, 0.05) is 50.7 Å². The molecular weight excluding hydrogens is 366 g/mol. The van der Waals surface area contributed by atoms with E-state index in [2.05, 4.69) is 16.3 Å². The van der Waals surface area contributed by atoms with E-state index in [4.69, 9.17) is 16.0 Å². The lowest BCUT2D eigenvalue weighted by Gasteiger charge is -2.34. The first-order valence-electron chi connectivity index (χ1n) is 9.18. The number of piperazine rings is 1. The van der Waals surface area contributed by atoms with Crippen LogP contribution in [0, 0.1) is 0 Å². The summed E-state index contributed by atoms with van der Waals surface area (Å²) in [5, 5.41) is 3.51. The summed E-state index contributed by atoms with van der Waals surface area (Å²) in [5.41, 5.74) is 1.19. The number of carbonyl (C=O) groups is 2. The van der Waals surface area contributed by atoms with Gasteiger partial charge in [0.2, 0.25) is 5.91 Å². The van der Waals surface area contributed by atoms with Crippen molar-refractivity contribution in [2.75, 3.05) is 32.7 Å². The quantitative estimate of drug-likeness (QED) is 0.739. The molecule has 2 heterocycles. The lowest BCUT2D eigenvalue weighted by molar-refractivity contribution is -0.133. The second-order valence-corrected chi connectivity index (χ2v) is 7.06. The van der Waals surface area contributed by atoms with Crippen molar-refractivity contribution >= 4 is 23.4 Å². The van der Waals surface area contributed by atoms with Gasteiger partial charge in [-0.1, -0.05) is 23.7 Å². The van der Waals surface area contributed by atoms with Crippen molar-refractivity contribution in [1.29, 1.82) is 0 Å². The summed E-state index contributed by atoms with van der Waals surface area (Å²) in [6.45, 7) is 4.48. The fourth-order valence-electron chi connectivity index (χ4n) is 3.14. The van der Waals surface area contributed by atoms with Crippen LogP contribution in [0.4, 0.5) is 0 Å². The average molecular weight is 390 g/mol. The van der Waals surface area contributed by atoms with Gasteiger partial charge in [0.1, 0.15) is 0 Å². The highest BCUT2D eigenvalue weighted by molar-refractivity contribution is 6.30. The molecule has 0 aliphatic carbocycles. The van der Waals surface area contributed by atoms with Crippen LogP contribution in [0.1, 0.15) is 29.0 Å². The van der Waals surface area contributed by atoms with Crippen molar-refractivity contribution in [3.05, 3.63) is 59.0 Å². The van der Waals surface area contributed by atoms with Crippen molar-refractivity contribution < 1.29 is 14.0 Å². The maximum absolute atomic E-state index is 12.3. The van der Waals surface area contributed by atoms with Crippen molar-refractivity contribution in [3.8, 4) is 0 Å². The number of nitrogens with one attached hydrogen (secondary N) is 1. The van der Waals surface area contributed by atoms with Crippen molar-refractivity contribution in [1.82, 2.24) is 15.1 Å². The van der Waals surface area contributed by atoms with Crippen molar-refractivity contribution in [2.24, 2.45) is 0 Å². The smallest absolute Gasteiger partial charge is 0.286 e. The van der Waals surface area contributed by atoms with Crippen LogP contribution in [0.5, 0.6) is 0 Å². The van der Waals surface area contributed by atoms with Crippen LogP contribution in [-0.4, -0.2) is 54.3 Å². The number of rotatable bonds is 7. The number of amides is 2. The van der Waals surface area contributed by atoms with Crippen molar-refractivity contribution in [3.63, 3.8) is 0 Å². The Morgan fingerprint density at radius 2 is 1.93 bits per heavy atom. The molecule has 1 fully saturated rings. The van der Waals surface area contributed by atoms with E-state index < -0.39 is 0 Å². The topological polar surface area (TPSA) is 65.8 Å². The zero-order valence-electron chi connectivity index (χ0n) is 15.2. The zero-order valence-corrected chi connectivity index (χ0v) is 16.0. The van der Waals surface area contributed by atoms with Crippen LogP contribution >= 0.6 is 11.6 Å². The highest BCUT2D eigenvalue weighted by Crippen LogP contribution is 2.14. The highest BCUT2D eigenvalue weighted by Gasteiger charge is 2.20. The first kappa shape index (κ1) is 19.5. The lowest BCUT2D eigenvalue weighted by Crippen LogP contribution is -2.48. The van der Waals surface area contributed by atoms with E-state index in [1.165, 1.54) is 11.8 Å². The molecular formula is C20H24ClN3O3. The minimum atomic E-state index is -0.248. The Labute approximate surface area is 164 Å². The summed E-state index contributed by atoms with van der Waals surface area (Å²) >= 11 is 6.03. The third-order valence-corrected chi connectivity index (χ3v) is 4.85. The molecule has 0 spiro atoms. The van der Waals surface area contributed by atoms with E-state index >= 15 is 0 Å². The Morgan fingerprint density at radius 3 is 2.63 bits per heavy atom. The minimum absolute atomic E-state index is 0.143. The molecule has 0 atom stereocenters. The number of halogens is 1. The fraction of sp³-hybridized carbons (Fsp3) is 0.400. The molecule has 1 N–H and O–H groups in total. The van der Waals surface area contributed by atoms with Crippen LogP contribution in [0.15, 0.2) is 47.1 Å². The van der Waals surface area contributed by atoms with Gasteiger partial charge in [0.15, 0.2) is 5.76 Å². The number of carbonyl (C=O) groups excluding carboxylic acids is 2. The Hall–Kier alpha value is -2.31. The maximum atomic E-state index is 12.3. The molecule has 27 heavy (non-hydrogen) atoms. The van der Waals surface area contributed by atoms with E-state index in [0.29, 0.717) is 19.4 Å². The molecule has 6 nitrogen and oxygen atoms in total. The predicted octanol–water partition coefficient (Wildman–Crippen LogP) is 2.79. The number of hydrogen-bond acceptors (Lipinski definition) is 4. The van der Waals surface area contributed by atoms with E-state index in [9.17, 15) is 9.59 Å². The summed E-state index contributed by atoms with van der Waals surface area (Å²) in [4.78, 5) is 28.3. The SMILES string of the molecule is O=C(NCCCC(=O)N1CCN(Cc2cccc(Cl)c2)CC1)c1ccco1. The van der Waals surface area contributed by atoms with Gasteiger partial charge in [-0.25, -0.2) is 0 Å². The first-order valence-corrected chi connectivity index (χ1v) is 9.56. The van der Waals surface area contributed by atoms with Gasteiger partial charge >= 0.3 is 0 Å². The summed E-state index contributed by atoms with van der Waals surface area (Å²) in [6, 6.07) is 11.2. The van der Waals surface area contributed by atoms with E-state index in [1.54, 1.807) is 12.1 Å². The minimum Gasteiger partial charge on any atom is -0.459 e. The van der Waals surface area contributed by atoms with Crippen LogP contribution in [0.25, 0.3) is 0 Å². The number of furan rings is 1. The molecule has 1 aliphatic rings. The third kappa shape index (κ3) is 5.84. The molecule has 2 aromatic rings. The first-order chi connectivity index (χ1) is 13.1. The van der Waals surface area contributed by atoms with E-state index in [-0.39, 0.29) is 17.6 Å². The highest BCUT2D eigenvalue weighted by atomic mass is 35.5. The lowest BCUT2D eigenvalue weighted by atomic mass is 10.2. The number of nitrogens with zero attached hydrogens (tertiary/aromatic N) is 2. The van der Waals surface area contributed by atoms with Crippen LogP contribution in [0.3, 0.4) is 0 Å². The van der Waals surface area contributed by atoms with Gasteiger partial charge in [-0.3, -0.25) is 14.5 Å². The Morgan fingerprint density at radius 1 is 1.11 bits per heavy atom. The van der Waals surface area contributed by atoms with Gasteiger partial charge in [-0.2, -0.15) is 0 Å². The standard InChI is InChI=1S/C20H24ClN3O3/c21-17-5-1-4-16(14-17)15-23-9-11-24(12-10-23)19(25)7-2-8-22-20(26)18-6-3-13-27-18/h1,3-6,13-14H,2,7-12,15H2,(H,22,26). The molecule has 1 aromatic carbocycles. The number of hydrogen-bond donors (Lipinski definition) is 1. The molecule has 0 radical (unpaired) electrons. The summed E-state index contributed by atoms with van der Waals surface area (Å²) in [6.07, 6.45) is 2.52. The molecule has 0 saturated carbocycles. The van der Waals surface area contributed by atoms with E-state index in [1.807, 2.05) is 23.1 Å². The monoisotopic (exact) mass is 389 g/mol. The molecule has 1 aliphatic heterocycles. The van der Waals surface area contributed by atoms with Gasteiger partial charge < -0.3 is 14.6 Å². The maximum Gasteiger partial charge on any atom is 0.286 e. The zero-order chi connectivity index (χ0) is 19.1.